The molecule has 0 aliphatic rings. The van der Waals surface area contributed by atoms with Crippen LogP contribution in [0.4, 0.5) is 0 Å². The predicted molar refractivity (Wildman–Crippen MR) is 71.0 cm³/mol. The lowest BCUT2D eigenvalue weighted by Gasteiger charge is -1.96. The van der Waals surface area contributed by atoms with E-state index >= 15 is 0 Å². The predicted octanol–water partition coefficient (Wildman–Crippen LogP) is 5.23. The molecule has 0 saturated carbocycles. The van der Waals surface area contributed by atoms with Gasteiger partial charge in [-0.05, 0) is 25.1 Å². The minimum atomic E-state index is 1.31. The zero-order valence-electron chi connectivity index (χ0n) is 9.36. The summed E-state index contributed by atoms with van der Waals surface area (Å²) in [5.74, 6) is 0. The van der Waals surface area contributed by atoms with E-state index in [2.05, 4.69) is 42.6 Å². The van der Waals surface area contributed by atoms with Crippen molar-refractivity contribution in [2.24, 2.45) is 0 Å². The molecule has 15 heavy (non-hydrogen) atoms. The molecule has 0 unspecified atom stereocenters. The largest absolute Gasteiger partial charge is 0.148 e. The van der Waals surface area contributed by atoms with Crippen LogP contribution in [-0.2, 0) is 0 Å². The van der Waals surface area contributed by atoms with E-state index in [4.69, 9.17) is 0 Å². The smallest absolute Gasteiger partial charge is 0.0232 e. The third-order valence-electron chi connectivity index (χ3n) is 1.69. The molecule has 2 rings (SSSR count). The Morgan fingerprint density at radius 2 is 1.67 bits per heavy atom. The van der Waals surface area contributed by atoms with Crippen LogP contribution < -0.4 is 0 Å². The summed E-state index contributed by atoms with van der Waals surface area (Å²) in [5.41, 5.74) is 0. The number of thiophene rings is 1. The molecular weight excluding hydrogens is 220 g/mol. The van der Waals surface area contributed by atoms with Crippen molar-refractivity contribution >= 4 is 23.1 Å². The second-order valence-corrected chi connectivity index (χ2v) is 5.07. The highest BCUT2D eigenvalue weighted by atomic mass is 32.2. The summed E-state index contributed by atoms with van der Waals surface area (Å²) in [6.07, 6.45) is 0. The highest BCUT2D eigenvalue weighted by molar-refractivity contribution is 7.99. The van der Waals surface area contributed by atoms with Gasteiger partial charge in [0, 0.05) is 20.0 Å². The highest BCUT2D eigenvalue weighted by Crippen LogP contribution is 2.30. The fourth-order valence-electron chi connectivity index (χ4n) is 1.10. The topological polar surface area (TPSA) is 0 Å². The van der Waals surface area contributed by atoms with Crippen LogP contribution in [0.25, 0.3) is 0 Å². The van der Waals surface area contributed by atoms with Crippen LogP contribution in [0.2, 0.25) is 0 Å². The summed E-state index contributed by atoms with van der Waals surface area (Å²) in [6, 6.07) is 12.7. The zero-order valence-corrected chi connectivity index (χ0v) is 11.0. The molecule has 2 heteroatoms. The van der Waals surface area contributed by atoms with Gasteiger partial charge in [0.15, 0.2) is 0 Å². The molecule has 80 valence electrons. The van der Waals surface area contributed by atoms with Crippen molar-refractivity contribution in [2.45, 2.75) is 30.6 Å². The quantitative estimate of drug-likeness (QED) is 0.687. The molecule has 0 aliphatic carbocycles. The van der Waals surface area contributed by atoms with Crippen molar-refractivity contribution in [2.75, 3.05) is 0 Å². The van der Waals surface area contributed by atoms with Crippen molar-refractivity contribution in [3.63, 3.8) is 0 Å². The summed E-state index contributed by atoms with van der Waals surface area (Å²) < 4.78 is 0. The SMILES string of the molecule is CC.Cc1cc(Sc2ccccc2)cs1. The van der Waals surface area contributed by atoms with Gasteiger partial charge in [0.05, 0.1) is 0 Å². The number of hydrogen-bond donors (Lipinski definition) is 0. The normalized spacial score (nSPS) is 9.27. The van der Waals surface area contributed by atoms with Gasteiger partial charge in [-0.1, -0.05) is 43.8 Å². The van der Waals surface area contributed by atoms with Crippen molar-refractivity contribution in [3.8, 4) is 0 Å². The van der Waals surface area contributed by atoms with Gasteiger partial charge in [0.2, 0.25) is 0 Å². The van der Waals surface area contributed by atoms with Crippen LogP contribution in [0.3, 0.4) is 0 Å². The first-order valence-electron chi connectivity index (χ1n) is 5.12. The summed E-state index contributed by atoms with van der Waals surface area (Å²) in [7, 11) is 0. The Hall–Kier alpha value is -0.730. The minimum Gasteiger partial charge on any atom is -0.148 e. The molecule has 1 aromatic carbocycles. The molecule has 0 spiro atoms. The van der Waals surface area contributed by atoms with Crippen LogP contribution in [0, 0.1) is 6.92 Å². The van der Waals surface area contributed by atoms with Gasteiger partial charge in [-0.3, -0.25) is 0 Å². The second-order valence-electron chi connectivity index (χ2n) is 2.81. The van der Waals surface area contributed by atoms with Crippen LogP contribution in [0.1, 0.15) is 18.7 Å². The standard InChI is InChI=1S/C11H10S2.C2H6/c1-9-7-11(8-12-9)13-10-5-3-2-4-6-10;1-2/h2-8H,1H3;1-2H3. The maximum Gasteiger partial charge on any atom is 0.0232 e. The molecule has 0 bridgehead atoms. The first-order valence-corrected chi connectivity index (χ1v) is 6.82. The third-order valence-corrected chi connectivity index (χ3v) is 3.68. The lowest BCUT2D eigenvalue weighted by atomic mass is 10.4. The fourth-order valence-corrected chi connectivity index (χ4v) is 2.88. The average molecular weight is 236 g/mol. The lowest BCUT2D eigenvalue weighted by Crippen LogP contribution is -1.67. The van der Waals surface area contributed by atoms with Gasteiger partial charge in [0.25, 0.3) is 0 Å². The molecule has 0 nitrogen and oxygen atoms in total. The van der Waals surface area contributed by atoms with Crippen LogP contribution in [-0.4, -0.2) is 0 Å². The number of aryl methyl sites for hydroxylation is 1. The monoisotopic (exact) mass is 236 g/mol. The molecule has 0 N–H and O–H groups in total. The maximum absolute atomic E-state index is 2.22. The molecule has 0 aliphatic heterocycles. The van der Waals surface area contributed by atoms with E-state index in [-0.39, 0.29) is 0 Å². The van der Waals surface area contributed by atoms with Gasteiger partial charge in [0.1, 0.15) is 0 Å². The molecule has 0 amide bonds. The van der Waals surface area contributed by atoms with Gasteiger partial charge in [-0.15, -0.1) is 11.3 Å². The van der Waals surface area contributed by atoms with E-state index in [1.54, 1.807) is 11.3 Å². The molecule has 0 atom stereocenters. The van der Waals surface area contributed by atoms with Crippen molar-refractivity contribution in [1.82, 2.24) is 0 Å². The Morgan fingerprint density at radius 1 is 1.00 bits per heavy atom. The molecular formula is C13H16S2. The molecule has 0 saturated heterocycles. The van der Waals surface area contributed by atoms with Gasteiger partial charge < -0.3 is 0 Å². The average Bonchev–Trinajstić information content (AvgIpc) is 2.68. The Labute approximate surface area is 100 Å². The summed E-state index contributed by atoms with van der Waals surface area (Å²) in [4.78, 5) is 4.02. The van der Waals surface area contributed by atoms with Gasteiger partial charge in [-0.25, -0.2) is 0 Å². The van der Waals surface area contributed by atoms with Crippen molar-refractivity contribution in [1.29, 1.82) is 0 Å². The number of benzene rings is 1. The zero-order chi connectivity index (χ0) is 11.1. The molecule has 2 aromatic rings. The number of rotatable bonds is 2. The first-order chi connectivity index (χ1) is 7.34. The van der Waals surface area contributed by atoms with Crippen molar-refractivity contribution < 1.29 is 0 Å². The van der Waals surface area contributed by atoms with Crippen LogP contribution in [0.15, 0.2) is 51.6 Å². The Morgan fingerprint density at radius 3 is 2.20 bits per heavy atom. The summed E-state index contributed by atoms with van der Waals surface area (Å²) in [5, 5.41) is 2.20. The van der Waals surface area contributed by atoms with Crippen LogP contribution in [0.5, 0.6) is 0 Å². The highest BCUT2D eigenvalue weighted by Gasteiger charge is 1.97. The number of hydrogen-bond acceptors (Lipinski definition) is 2. The van der Waals surface area contributed by atoms with E-state index in [1.807, 2.05) is 31.7 Å². The van der Waals surface area contributed by atoms with E-state index < -0.39 is 0 Å². The first kappa shape index (κ1) is 12.3. The Kier molecular flexibility index (Phi) is 5.51. The van der Waals surface area contributed by atoms with Crippen molar-refractivity contribution in [3.05, 3.63) is 46.7 Å². The van der Waals surface area contributed by atoms with E-state index in [0.29, 0.717) is 0 Å². The molecule has 0 fully saturated rings. The maximum atomic E-state index is 2.22. The Bertz CT molecular complexity index is 376. The molecule has 0 radical (unpaired) electrons. The van der Waals surface area contributed by atoms with E-state index in [0.717, 1.165) is 0 Å². The van der Waals surface area contributed by atoms with Crippen LogP contribution >= 0.6 is 23.1 Å². The summed E-state index contributed by atoms with van der Waals surface area (Å²) >= 11 is 3.62. The molecule has 1 heterocycles. The lowest BCUT2D eigenvalue weighted by molar-refractivity contribution is 1.43. The van der Waals surface area contributed by atoms with Gasteiger partial charge >= 0.3 is 0 Å². The van der Waals surface area contributed by atoms with Gasteiger partial charge in [-0.2, -0.15) is 0 Å². The minimum absolute atomic E-state index is 1.31. The van der Waals surface area contributed by atoms with E-state index in [9.17, 15) is 0 Å². The Balaban J connectivity index is 0.000000531. The fraction of sp³-hybridized carbons (Fsp3) is 0.231. The molecule has 1 aromatic heterocycles. The summed E-state index contributed by atoms with van der Waals surface area (Å²) in [6.45, 7) is 6.14. The van der Waals surface area contributed by atoms with E-state index in [1.165, 1.54) is 14.7 Å². The third kappa shape index (κ3) is 4.10. The second kappa shape index (κ2) is 6.70.